The van der Waals surface area contributed by atoms with Gasteiger partial charge in [-0.1, -0.05) is 19.4 Å². The summed E-state index contributed by atoms with van der Waals surface area (Å²) in [5, 5.41) is 4.14. The van der Waals surface area contributed by atoms with Crippen LogP contribution in [0.15, 0.2) is 30.5 Å². The van der Waals surface area contributed by atoms with Crippen molar-refractivity contribution < 1.29 is 4.79 Å². The van der Waals surface area contributed by atoms with Gasteiger partial charge < -0.3 is 10.3 Å². The normalized spacial score (nSPS) is 22.1. The molecule has 2 aromatic rings. The van der Waals surface area contributed by atoms with Crippen molar-refractivity contribution in [1.82, 2.24) is 10.3 Å². The lowest BCUT2D eigenvalue weighted by Crippen LogP contribution is -2.26. The van der Waals surface area contributed by atoms with E-state index in [9.17, 15) is 4.79 Å². The molecular formula is C15H18N2O. The largest absolute Gasteiger partial charge is 0.361 e. The summed E-state index contributed by atoms with van der Waals surface area (Å²) in [5.41, 5.74) is 1.79. The van der Waals surface area contributed by atoms with E-state index in [-0.39, 0.29) is 5.91 Å². The lowest BCUT2D eigenvalue weighted by Gasteiger charge is -2.05. The SMILES string of the molecule is CCCC1CC1NC(=O)c1cccc2[nH]ccc12. The van der Waals surface area contributed by atoms with Crippen LogP contribution in [0, 0.1) is 5.92 Å². The summed E-state index contributed by atoms with van der Waals surface area (Å²) < 4.78 is 0. The third-order valence-electron chi connectivity index (χ3n) is 3.74. The van der Waals surface area contributed by atoms with E-state index in [1.807, 2.05) is 30.5 Å². The zero-order chi connectivity index (χ0) is 12.5. The third kappa shape index (κ3) is 2.01. The van der Waals surface area contributed by atoms with Crippen LogP contribution < -0.4 is 5.32 Å². The number of amides is 1. The predicted octanol–water partition coefficient (Wildman–Crippen LogP) is 3.09. The van der Waals surface area contributed by atoms with Gasteiger partial charge in [-0.15, -0.1) is 0 Å². The minimum atomic E-state index is 0.0591. The number of fused-ring (bicyclic) bond motifs is 1. The number of carbonyl (C=O) groups excluding carboxylic acids is 1. The molecule has 2 atom stereocenters. The number of H-pyrrole nitrogens is 1. The quantitative estimate of drug-likeness (QED) is 0.850. The highest BCUT2D eigenvalue weighted by Gasteiger charge is 2.37. The maximum absolute atomic E-state index is 12.2. The molecule has 2 N–H and O–H groups in total. The smallest absolute Gasteiger partial charge is 0.252 e. The summed E-state index contributed by atoms with van der Waals surface area (Å²) in [6.45, 7) is 2.19. The molecule has 1 aliphatic carbocycles. The summed E-state index contributed by atoms with van der Waals surface area (Å²) in [4.78, 5) is 15.4. The van der Waals surface area contributed by atoms with E-state index >= 15 is 0 Å². The van der Waals surface area contributed by atoms with Crippen molar-refractivity contribution in [3.05, 3.63) is 36.0 Å². The van der Waals surface area contributed by atoms with Gasteiger partial charge in [-0.05, 0) is 37.0 Å². The molecule has 18 heavy (non-hydrogen) atoms. The Hall–Kier alpha value is -1.77. The van der Waals surface area contributed by atoms with E-state index in [1.54, 1.807) is 0 Å². The van der Waals surface area contributed by atoms with Gasteiger partial charge in [-0.3, -0.25) is 4.79 Å². The van der Waals surface area contributed by atoms with Crippen molar-refractivity contribution in [1.29, 1.82) is 0 Å². The summed E-state index contributed by atoms with van der Waals surface area (Å²) in [7, 11) is 0. The van der Waals surface area contributed by atoms with Gasteiger partial charge in [-0.25, -0.2) is 0 Å². The first kappa shape index (κ1) is 11.3. The number of carbonyl (C=O) groups is 1. The molecule has 1 saturated carbocycles. The number of aromatic amines is 1. The van der Waals surface area contributed by atoms with Gasteiger partial charge >= 0.3 is 0 Å². The topological polar surface area (TPSA) is 44.9 Å². The van der Waals surface area contributed by atoms with E-state index in [2.05, 4.69) is 17.2 Å². The number of aromatic nitrogens is 1. The molecular weight excluding hydrogens is 224 g/mol. The molecule has 0 spiro atoms. The minimum Gasteiger partial charge on any atom is -0.361 e. The van der Waals surface area contributed by atoms with Gasteiger partial charge in [0.1, 0.15) is 0 Å². The van der Waals surface area contributed by atoms with Crippen LogP contribution in [0.25, 0.3) is 10.9 Å². The fraction of sp³-hybridized carbons (Fsp3) is 0.400. The molecule has 1 amide bonds. The summed E-state index contributed by atoms with van der Waals surface area (Å²) in [5.74, 6) is 0.758. The minimum absolute atomic E-state index is 0.0591. The molecule has 3 rings (SSSR count). The van der Waals surface area contributed by atoms with Crippen LogP contribution in [0.4, 0.5) is 0 Å². The van der Waals surface area contributed by atoms with E-state index in [0.717, 1.165) is 22.9 Å². The highest BCUT2D eigenvalue weighted by Crippen LogP contribution is 2.34. The fourth-order valence-electron chi connectivity index (χ4n) is 2.64. The molecule has 0 radical (unpaired) electrons. The van der Waals surface area contributed by atoms with Crippen molar-refractivity contribution in [2.45, 2.75) is 32.2 Å². The van der Waals surface area contributed by atoms with Crippen molar-refractivity contribution in [3.63, 3.8) is 0 Å². The van der Waals surface area contributed by atoms with Crippen LogP contribution in [0.5, 0.6) is 0 Å². The van der Waals surface area contributed by atoms with Gasteiger partial charge in [0.15, 0.2) is 0 Å². The second kappa shape index (κ2) is 4.48. The van der Waals surface area contributed by atoms with E-state index in [4.69, 9.17) is 0 Å². The molecule has 1 aromatic carbocycles. The highest BCUT2D eigenvalue weighted by molar-refractivity contribution is 6.06. The van der Waals surface area contributed by atoms with Crippen LogP contribution in [0.2, 0.25) is 0 Å². The van der Waals surface area contributed by atoms with E-state index in [0.29, 0.717) is 12.0 Å². The summed E-state index contributed by atoms with van der Waals surface area (Å²) in [6.07, 6.45) is 5.44. The Morgan fingerprint density at radius 2 is 2.33 bits per heavy atom. The van der Waals surface area contributed by atoms with Gasteiger partial charge in [0.2, 0.25) is 0 Å². The van der Waals surface area contributed by atoms with Crippen LogP contribution in [-0.4, -0.2) is 16.9 Å². The summed E-state index contributed by atoms with van der Waals surface area (Å²) in [6, 6.07) is 8.16. The second-order valence-corrected chi connectivity index (χ2v) is 5.11. The van der Waals surface area contributed by atoms with Crippen molar-refractivity contribution in [2.24, 2.45) is 5.92 Å². The average molecular weight is 242 g/mol. The molecule has 94 valence electrons. The molecule has 1 heterocycles. The molecule has 1 aliphatic rings. The highest BCUT2D eigenvalue weighted by atomic mass is 16.1. The van der Waals surface area contributed by atoms with Crippen LogP contribution in [0.1, 0.15) is 36.5 Å². The maximum Gasteiger partial charge on any atom is 0.252 e. The van der Waals surface area contributed by atoms with Crippen LogP contribution in [0.3, 0.4) is 0 Å². The molecule has 1 aromatic heterocycles. The number of nitrogens with one attached hydrogen (secondary N) is 2. The molecule has 3 nitrogen and oxygen atoms in total. The molecule has 0 bridgehead atoms. The predicted molar refractivity (Wildman–Crippen MR) is 72.6 cm³/mol. The van der Waals surface area contributed by atoms with E-state index in [1.165, 1.54) is 12.8 Å². The molecule has 2 unspecified atom stereocenters. The number of hydrogen-bond acceptors (Lipinski definition) is 1. The van der Waals surface area contributed by atoms with Crippen molar-refractivity contribution >= 4 is 16.8 Å². The Balaban J connectivity index is 1.75. The standard InChI is InChI=1S/C15H18N2O/c1-2-4-10-9-14(10)17-15(18)12-5-3-6-13-11(12)7-8-16-13/h3,5-8,10,14,16H,2,4,9H2,1H3,(H,17,18). The number of rotatable bonds is 4. The second-order valence-electron chi connectivity index (χ2n) is 5.11. The Bertz CT molecular complexity index is 573. The first-order valence-electron chi connectivity index (χ1n) is 6.66. The van der Waals surface area contributed by atoms with E-state index < -0.39 is 0 Å². The Kier molecular flexibility index (Phi) is 2.82. The monoisotopic (exact) mass is 242 g/mol. The van der Waals surface area contributed by atoms with Crippen molar-refractivity contribution in [2.75, 3.05) is 0 Å². The molecule has 3 heteroatoms. The zero-order valence-electron chi connectivity index (χ0n) is 10.6. The van der Waals surface area contributed by atoms with Crippen LogP contribution in [-0.2, 0) is 0 Å². The van der Waals surface area contributed by atoms with Gasteiger partial charge in [0, 0.05) is 28.7 Å². The zero-order valence-corrected chi connectivity index (χ0v) is 10.6. The molecule has 0 aliphatic heterocycles. The Morgan fingerprint density at radius 3 is 3.17 bits per heavy atom. The van der Waals surface area contributed by atoms with Crippen molar-refractivity contribution in [3.8, 4) is 0 Å². The number of benzene rings is 1. The first-order chi connectivity index (χ1) is 8.79. The fourth-order valence-corrected chi connectivity index (χ4v) is 2.64. The lowest BCUT2D eigenvalue weighted by atomic mass is 10.1. The van der Waals surface area contributed by atoms with Gasteiger partial charge in [-0.2, -0.15) is 0 Å². The Morgan fingerprint density at radius 1 is 1.44 bits per heavy atom. The molecule has 1 fully saturated rings. The maximum atomic E-state index is 12.2. The molecule has 0 saturated heterocycles. The third-order valence-corrected chi connectivity index (χ3v) is 3.74. The lowest BCUT2D eigenvalue weighted by molar-refractivity contribution is 0.0950. The Labute approximate surface area is 107 Å². The van der Waals surface area contributed by atoms with Gasteiger partial charge in [0.25, 0.3) is 5.91 Å². The summed E-state index contributed by atoms with van der Waals surface area (Å²) >= 11 is 0. The number of hydrogen-bond donors (Lipinski definition) is 2. The van der Waals surface area contributed by atoms with Gasteiger partial charge in [0.05, 0.1) is 0 Å². The van der Waals surface area contributed by atoms with Crippen LogP contribution >= 0.6 is 0 Å². The average Bonchev–Trinajstić information content (AvgIpc) is 2.92. The first-order valence-corrected chi connectivity index (χ1v) is 6.66.